The van der Waals surface area contributed by atoms with Gasteiger partial charge in [0.25, 0.3) is 0 Å². The number of nitrogens with zero attached hydrogens (tertiary/aromatic N) is 1. The van der Waals surface area contributed by atoms with Gasteiger partial charge in [0.15, 0.2) is 11.9 Å². The quantitative estimate of drug-likeness (QED) is 0.763. The predicted octanol–water partition coefficient (Wildman–Crippen LogP) is 1.80. The van der Waals surface area contributed by atoms with Crippen molar-refractivity contribution in [1.29, 1.82) is 0 Å². The third-order valence-corrected chi connectivity index (χ3v) is 7.12. The lowest BCUT2D eigenvalue weighted by atomic mass is 9.49. The van der Waals surface area contributed by atoms with E-state index in [1.54, 1.807) is 0 Å². The Balaban J connectivity index is 1.88. The third-order valence-electron chi connectivity index (χ3n) is 6.50. The third kappa shape index (κ3) is 1.24. The standard InChI is InChI=1S/C17H18BrNO3/c1-19-7-6-16-13-9-2-3-10(18)14(13)22-15(16)11(20)4-5-17(16,21)12(19)8-9/h2-3,12,15,21H,4-8H2,1H3/t12-,15?,16+,17?/m1/s1. The molecule has 1 saturated heterocycles. The summed E-state index contributed by atoms with van der Waals surface area (Å²) in [5.41, 5.74) is 0.924. The summed E-state index contributed by atoms with van der Waals surface area (Å²) >= 11 is 3.57. The Kier molecular flexibility index (Phi) is 2.42. The molecule has 5 rings (SSSR count). The fourth-order valence-electron chi connectivity index (χ4n) is 5.52. The van der Waals surface area contributed by atoms with Crippen molar-refractivity contribution in [2.24, 2.45) is 0 Å². The first-order valence-corrected chi connectivity index (χ1v) is 8.72. The van der Waals surface area contributed by atoms with Crippen LogP contribution < -0.4 is 4.74 Å². The Morgan fingerprint density at radius 3 is 3.05 bits per heavy atom. The predicted molar refractivity (Wildman–Crippen MR) is 84.2 cm³/mol. The summed E-state index contributed by atoms with van der Waals surface area (Å²) in [5, 5.41) is 11.7. The largest absolute Gasteiger partial charge is 0.480 e. The summed E-state index contributed by atoms with van der Waals surface area (Å²) in [7, 11) is 2.08. The molecule has 1 aromatic rings. The molecule has 2 heterocycles. The van der Waals surface area contributed by atoms with Gasteiger partial charge in [0.05, 0.1) is 15.5 Å². The van der Waals surface area contributed by atoms with Gasteiger partial charge < -0.3 is 14.7 Å². The molecule has 1 spiro atoms. The fraction of sp³-hybridized carbons (Fsp3) is 0.588. The molecule has 0 radical (unpaired) electrons. The van der Waals surface area contributed by atoms with E-state index >= 15 is 0 Å². The second kappa shape index (κ2) is 3.94. The molecule has 116 valence electrons. The molecule has 1 aromatic carbocycles. The number of ether oxygens (including phenoxy) is 1. The fourth-order valence-corrected chi connectivity index (χ4v) is 5.94. The molecule has 2 unspecified atom stereocenters. The van der Waals surface area contributed by atoms with Crippen molar-refractivity contribution in [2.75, 3.05) is 13.6 Å². The number of carbonyl (C=O) groups is 1. The minimum absolute atomic E-state index is 0.0695. The van der Waals surface area contributed by atoms with Crippen molar-refractivity contribution >= 4 is 21.7 Å². The van der Waals surface area contributed by atoms with Crippen molar-refractivity contribution in [2.45, 2.75) is 48.8 Å². The summed E-state index contributed by atoms with van der Waals surface area (Å²) in [6.07, 6.45) is 2.05. The van der Waals surface area contributed by atoms with Crippen LogP contribution in [0.5, 0.6) is 5.75 Å². The monoisotopic (exact) mass is 363 g/mol. The zero-order valence-electron chi connectivity index (χ0n) is 12.4. The van der Waals surface area contributed by atoms with Gasteiger partial charge in [-0.2, -0.15) is 0 Å². The van der Waals surface area contributed by atoms with E-state index in [0.717, 1.165) is 35.2 Å². The zero-order chi connectivity index (χ0) is 15.3. The molecule has 4 atom stereocenters. The summed E-state index contributed by atoms with van der Waals surface area (Å²) < 4.78 is 7.04. The van der Waals surface area contributed by atoms with Gasteiger partial charge in [-0.15, -0.1) is 0 Å². The molecule has 2 fully saturated rings. The number of aliphatic hydroxyl groups is 1. The Morgan fingerprint density at radius 2 is 2.23 bits per heavy atom. The molecule has 1 N–H and O–H groups in total. The number of piperidine rings is 1. The topological polar surface area (TPSA) is 49.8 Å². The number of hydrogen-bond donors (Lipinski definition) is 1. The second-order valence-corrected chi connectivity index (χ2v) is 8.08. The molecule has 5 heteroatoms. The van der Waals surface area contributed by atoms with Crippen LogP contribution in [-0.4, -0.2) is 47.1 Å². The number of Topliss-reactive ketones (excluding diaryl/α,β-unsaturated/α-hetero) is 1. The van der Waals surface area contributed by atoms with Gasteiger partial charge in [-0.3, -0.25) is 4.79 Å². The van der Waals surface area contributed by atoms with E-state index in [-0.39, 0.29) is 11.8 Å². The first kappa shape index (κ1) is 13.5. The van der Waals surface area contributed by atoms with Crippen LogP contribution in [0, 0.1) is 0 Å². The molecule has 2 bridgehead atoms. The highest BCUT2D eigenvalue weighted by Crippen LogP contribution is 2.64. The van der Waals surface area contributed by atoms with Crippen LogP contribution in [-0.2, 0) is 16.6 Å². The number of rotatable bonds is 0. The first-order chi connectivity index (χ1) is 10.5. The SMILES string of the molecule is CN1CC[C@]23c4c5ccc(Br)c4OC2C(=O)CCC3(O)[C@H]1C5. The van der Waals surface area contributed by atoms with E-state index in [0.29, 0.717) is 12.8 Å². The van der Waals surface area contributed by atoms with Crippen molar-refractivity contribution < 1.29 is 14.6 Å². The molecular weight excluding hydrogens is 346 g/mol. The van der Waals surface area contributed by atoms with Crippen molar-refractivity contribution in [3.63, 3.8) is 0 Å². The molecule has 2 aliphatic carbocycles. The van der Waals surface area contributed by atoms with Crippen LogP contribution in [0.15, 0.2) is 16.6 Å². The maximum absolute atomic E-state index is 12.6. The lowest BCUT2D eigenvalue weighted by molar-refractivity contribution is -0.185. The van der Waals surface area contributed by atoms with E-state index in [2.05, 4.69) is 33.9 Å². The van der Waals surface area contributed by atoms with Gasteiger partial charge in [-0.05, 0) is 60.4 Å². The highest BCUT2D eigenvalue weighted by molar-refractivity contribution is 9.10. The lowest BCUT2D eigenvalue weighted by Crippen LogP contribution is -2.76. The van der Waals surface area contributed by atoms with Crippen molar-refractivity contribution in [3.8, 4) is 5.75 Å². The van der Waals surface area contributed by atoms with Gasteiger partial charge in [0.2, 0.25) is 0 Å². The van der Waals surface area contributed by atoms with Gasteiger partial charge in [-0.1, -0.05) is 6.07 Å². The molecule has 2 aliphatic heterocycles. The maximum atomic E-state index is 12.6. The average molecular weight is 364 g/mol. The molecule has 4 aliphatic rings. The molecule has 4 nitrogen and oxygen atoms in total. The van der Waals surface area contributed by atoms with Crippen LogP contribution >= 0.6 is 15.9 Å². The highest BCUT2D eigenvalue weighted by Gasteiger charge is 2.72. The van der Waals surface area contributed by atoms with Crippen LogP contribution in [0.3, 0.4) is 0 Å². The number of ketones is 1. The molecular formula is C17H18BrNO3. The Hall–Kier alpha value is -0.910. The molecule has 0 amide bonds. The van der Waals surface area contributed by atoms with Crippen LogP contribution in [0.25, 0.3) is 0 Å². The average Bonchev–Trinajstić information content (AvgIpc) is 2.85. The van der Waals surface area contributed by atoms with Gasteiger partial charge >= 0.3 is 0 Å². The molecule has 1 saturated carbocycles. The number of hydrogen-bond acceptors (Lipinski definition) is 4. The number of carbonyl (C=O) groups excluding carboxylic acids is 1. The van der Waals surface area contributed by atoms with Crippen molar-refractivity contribution in [1.82, 2.24) is 4.90 Å². The Bertz CT molecular complexity index is 720. The van der Waals surface area contributed by atoms with E-state index in [1.165, 1.54) is 5.56 Å². The second-order valence-electron chi connectivity index (χ2n) is 7.22. The molecule has 22 heavy (non-hydrogen) atoms. The van der Waals surface area contributed by atoms with Gasteiger partial charge in [-0.25, -0.2) is 0 Å². The summed E-state index contributed by atoms with van der Waals surface area (Å²) in [4.78, 5) is 14.9. The zero-order valence-corrected chi connectivity index (χ0v) is 14.0. The maximum Gasteiger partial charge on any atom is 0.174 e. The first-order valence-electron chi connectivity index (χ1n) is 7.93. The minimum Gasteiger partial charge on any atom is -0.480 e. The van der Waals surface area contributed by atoms with E-state index in [1.807, 2.05) is 6.07 Å². The smallest absolute Gasteiger partial charge is 0.174 e. The number of benzene rings is 1. The van der Waals surface area contributed by atoms with E-state index < -0.39 is 17.1 Å². The summed E-state index contributed by atoms with van der Waals surface area (Å²) in [5.74, 6) is 0.933. The number of halogens is 1. The van der Waals surface area contributed by atoms with E-state index in [4.69, 9.17) is 4.74 Å². The Labute approximate surface area is 137 Å². The number of likely N-dealkylation sites (tertiary alicyclic amines) is 1. The Morgan fingerprint density at radius 1 is 1.41 bits per heavy atom. The minimum atomic E-state index is -0.863. The highest BCUT2D eigenvalue weighted by atomic mass is 79.9. The van der Waals surface area contributed by atoms with Crippen LogP contribution in [0.1, 0.15) is 30.4 Å². The van der Waals surface area contributed by atoms with Crippen LogP contribution in [0.2, 0.25) is 0 Å². The van der Waals surface area contributed by atoms with Crippen molar-refractivity contribution in [3.05, 3.63) is 27.7 Å². The lowest BCUT2D eigenvalue weighted by Gasteiger charge is -2.62. The van der Waals surface area contributed by atoms with Gasteiger partial charge in [0.1, 0.15) is 5.75 Å². The van der Waals surface area contributed by atoms with Gasteiger partial charge in [0, 0.05) is 18.0 Å². The molecule has 0 aromatic heterocycles. The number of likely N-dealkylation sites (N-methyl/N-ethyl adjacent to an activating group) is 1. The summed E-state index contributed by atoms with van der Waals surface area (Å²) in [6, 6.07) is 4.20. The van der Waals surface area contributed by atoms with Crippen LogP contribution in [0.4, 0.5) is 0 Å². The summed E-state index contributed by atoms with van der Waals surface area (Å²) in [6.45, 7) is 0.894. The van der Waals surface area contributed by atoms with E-state index in [9.17, 15) is 9.90 Å². The normalized spacial score (nSPS) is 42.0.